The van der Waals surface area contributed by atoms with Crippen LogP contribution in [-0.4, -0.2) is 53.6 Å². The zero-order chi connectivity index (χ0) is 19.9. The molecule has 1 spiro atoms. The van der Waals surface area contributed by atoms with Crippen LogP contribution in [0, 0.1) is 5.41 Å². The number of hydrogen-bond acceptors (Lipinski definition) is 4. The average molecular weight is 399 g/mol. The van der Waals surface area contributed by atoms with Gasteiger partial charge in [-0.1, -0.05) is 18.2 Å². The van der Waals surface area contributed by atoms with Gasteiger partial charge in [0.05, 0.1) is 0 Å². The summed E-state index contributed by atoms with van der Waals surface area (Å²) in [6.45, 7) is 8.41. The van der Waals surface area contributed by atoms with E-state index in [2.05, 4.69) is 6.07 Å². The van der Waals surface area contributed by atoms with Gasteiger partial charge in [0, 0.05) is 42.0 Å². The number of ether oxygens (including phenoxy) is 1. The second-order valence-corrected chi connectivity index (χ2v) is 9.82. The first-order valence-corrected chi connectivity index (χ1v) is 10.5. The molecule has 148 valence electrons. The van der Waals surface area contributed by atoms with Crippen LogP contribution in [0.25, 0.3) is 10.4 Å². The predicted octanol–water partition coefficient (Wildman–Crippen LogP) is 4.50. The maximum absolute atomic E-state index is 13.0. The van der Waals surface area contributed by atoms with Crippen molar-refractivity contribution in [2.45, 2.75) is 32.8 Å². The van der Waals surface area contributed by atoms with Crippen LogP contribution < -0.4 is 0 Å². The first-order valence-electron chi connectivity index (χ1n) is 9.66. The lowest BCUT2D eigenvalue weighted by Crippen LogP contribution is -2.60. The van der Waals surface area contributed by atoms with Crippen LogP contribution in [-0.2, 0) is 4.74 Å². The summed E-state index contributed by atoms with van der Waals surface area (Å²) in [4.78, 5) is 30.1. The zero-order valence-corrected chi connectivity index (χ0v) is 17.4. The molecule has 2 aromatic rings. The first kappa shape index (κ1) is 19.0. The molecule has 6 heteroatoms. The Balaban J connectivity index is 1.38. The van der Waals surface area contributed by atoms with E-state index < -0.39 is 5.60 Å². The van der Waals surface area contributed by atoms with Crippen LogP contribution in [0.2, 0.25) is 0 Å². The Morgan fingerprint density at radius 2 is 1.82 bits per heavy atom. The van der Waals surface area contributed by atoms with Crippen molar-refractivity contribution in [2.24, 2.45) is 5.41 Å². The number of hydrogen-bond donors (Lipinski definition) is 0. The predicted molar refractivity (Wildman–Crippen MR) is 111 cm³/mol. The fourth-order valence-electron chi connectivity index (χ4n) is 4.02. The molecular weight excluding hydrogens is 372 g/mol. The molecule has 0 atom stereocenters. The number of carbonyl (C=O) groups is 2. The van der Waals surface area contributed by atoms with E-state index in [-0.39, 0.29) is 17.4 Å². The molecule has 0 N–H and O–H groups in total. The number of nitrogens with zero attached hydrogens (tertiary/aromatic N) is 2. The molecule has 0 bridgehead atoms. The van der Waals surface area contributed by atoms with Gasteiger partial charge in [0.25, 0.3) is 5.91 Å². The quantitative estimate of drug-likeness (QED) is 0.748. The average Bonchev–Trinajstić information content (AvgIpc) is 3.28. The van der Waals surface area contributed by atoms with Gasteiger partial charge in [0.2, 0.25) is 0 Å². The lowest BCUT2D eigenvalue weighted by molar-refractivity contribution is -0.0297. The Hall–Kier alpha value is -2.34. The van der Waals surface area contributed by atoms with Gasteiger partial charge in [-0.15, -0.1) is 11.3 Å². The highest BCUT2D eigenvalue weighted by Crippen LogP contribution is 2.40. The van der Waals surface area contributed by atoms with Gasteiger partial charge in [0.15, 0.2) is 0 Å². The Morgan fingerprint density at radius 1 is 1.07 bits per heavy atom. The van der Waals surface area contributed by atoms with E-state index in [0.717, 1.165) is 24.1 Å². The van der Waals surface area contributed by atoms with Crippen LogP contribution in [0.3, 0.4) is 0 Å². The molecular formula is C22H26N2O3S. The second kappa shape index (κ2) is 6.92. The van der Waals surface area contributed by atoms with Gasteiger partial charge in [-0.3, -0.25) is 4.79 Å². The Kier molecular flexibility index (Phi) is 4.70. The zero-order valence-electron chi connectivity index (χ0n) is 16.6. The van der Waals surface area contributed by atoms with Crippen molar-refractivity contribution < 1.29 is 14.3 Å². The fraction of sp³-hybridized carbons (Fsp3) is 0.455. The van der Waals surface area contributed by atoms with Crippen molar-refractivity contribution >= 4 is 23.3 Å². The molecule has 2 amide bonds. The lowest BCUT2D eigenvalue weighted by atomic mass is 9.79. The number of likely N-dealkylation sites (tertiary alicyclic amines) is 2. The minimum atomic E-state index is -0.481. The van der Waals surface area contributed by atoms with Gasteiger partial charge in [-0.2, -0.15) is 0 Å². The molecule has 2 aliphatic heterocycles. The third kappa shape index (κ3) is 3.78. The van der Waals surface area contributed by atoms with Gasteiger partial charge in [0.1, 0.15) is 5.60 Å². The summed E-state index contributed by atoms with van der Waals surface area (Å²) in [7, 11) is 0. The van der Waals surface area contributed by atoms with E-state index in [1.807, 2.05) is 61.4 Å². The number of amides is 2. The SMILES string of the molecule is CC(C)(C)OC(=O)N1CC2(CCN(C(=O)c3cccc(-c4cccs4)c3)C2)C1. The third-order valence-electron chi connectivity index (χ3n) is 5.34. The number of thiophene rings is 1. The van der Waals surface area contributed by atoms with Crippen molar-refractivity contribution in [3.63, 3.8) is 0 Å². The molecule has 2 saturated heterocycles. The van der Waals surface area contributed by atoms with Crippen LogP contribution >= 0.6 is 11.3 Å². The molecule has 1 aromatic carbocycles. The van der Waals surface area contributed by atoms with E-state index >= 15 is 0 Å². The van der Waals surface area contributed by atoms with Crippen molar-refractivity contribution in [1.82, 2.24) is 9.80 Å². The van der Waals surface area contributed by atoms with Crippen molar-refractivity contribution in [3.05, 3.63) is 47.3 Å². The maximum atomic E-state index is 13.0. The highest BCUT2D eigenvalue weighted by atomic mass is 32.1. The summed E-state index contributed by atoms with van der Waals surface area (Å²) in [6, 6.07) is 11.9. The van der Waals surface area contributed by atoms with Crippen LogP contribution in [0.5, 0.6) is 0 Å². The standard InChI is InChI=1S/C22H26N2O3S/c1-21(2,3)27-20(26)24-14-22(15-24)9-10-23(13-22)19(25)17-7-4-6-16(12-17)18-8-5-11-28-18/h4-8,11-12H,9-10,13-15H2,1-3H3. The highest BCUT2D eigenvalue weighted by Gasteiger charge is 2.51. The van der Waals surface area contributed by atoms with Crippen LogP contribution in [0.1, 0.15) is 37.6 Å². The largest absolute Gasteiger partial charge is 0.444 e. The minimum Gasteiger partial charge on any atom is -0.444 e. The molecule has 0 radical (unpaired) electrons. The van der Waals surface area contributed by atoms with Gasteiger partial charge >= 0.3 is 6.09 Å². The Bertz CT molecular complexity index is 879. The molecule has 28 heavy (non-hydrogen) atoms. The molecule has 0 unspecified atom stereocenters. The summed E-state index contributed by atoms with van der Waals surface area (Å²) in [6.07, 6.45) is 0.675. The molecule has 0 saturated carbocycles. The van der Waals surface area contributed by atoms with Crippen molar-refractivity contribution in [1.29, 1.82) is 0 Å². The molecule has 2 fully saturated rings. The van der Waals surface area contributed by atoms with E-state index in [4.69, 9.17) is 4.74 Å². The van der Waals surface area contributed by atoms with E-state index in [1.165, 1.54) is 4.88 Å². The smallest absolute Gasteiger partial charge is 0.410 e. The third-order valence-corrected chi connectivity index (χ3v) is 6.26. The Morgan fingerprint density at radius 3 is 2.50 bits per heavy atom. The summed E-state index contributed by atoms with van der Waals surface area (Å²) in [5.41, 5.74) is 1.35. The van der Waals surface area contributed by atoms with Gasteiger partial charge in [-0.05, 0) is 56.3 Å². The first-order chi connectivity index (χ1) is 13.2. The van der Waals surface area contributed by atoms with Crippen LogP contribution in [0.4, 0.5) is 4.79 Å². The monoisotopic (exact) mass is 398 g/mol. The maximum Gasteiger partial charge on any atom is 0.410 e. The molecule has 4 rings (SSSR count). The lowest BCUT2D eigenvalue weighted by Gasteiger charge is -2.47. The molecule has 1 aromatic heterocycles. The molecule has 5 nitrogen and oxygen atoms in total. The summed E-state index contributed by atoms with van der Waals surface area (Å²) in [5.74, 6) is 0.0750. The summed E-state index contributed by atoms with van der Waals surface area (Å²) in [5, 5.41) is 2.04. The van der Waals surface area contributed by atoms with E-state index in [0.29, 0.717) is 19.6 Å². The van der Waals surface area contributed by atoms with Crippen molar-refractivity contribution in [3.8, 4) is 10.4 Å². The fourth-order valence-corrected chi connectivity index (χ4v) is 4.74. The van der Waals surface area contributed by atoms with Gasteiger partial charge in [-0.25, -0.2) is 4.79 Å². The number of rotatable bonds is 2. The highest BCUT2D eigenvalue weighted by molar-refractivity contribution is 7.13. The van der Waals surface area contributed by atoms with E-state index in [9.17, 15) is 9.59 Å². The molecule has 2 aliphatic rings. The summed E-state index contributed by atoms with van der Waals surface area (Å²) >= 11 is 1.67. The summed E-state index contributed by atoms with van der Waals surface area (Å²) < 4.78 is 5.44. The molecule has 3 heterocycles. The van der Waals surface area contributed by atoms with Crippen LogP contribution in [0.15, 0.2) is 41.8 Å². The van der Waals surface area contributed by atoms with Gasteiger partial charge < -0.3 is 14.5 Å². The van der Waals surface area contributed by atoms with Crippen molar-refractivity contribution in [2.75, 3.05) is 26.2 Å². The van der Waals surface area contributed by atoms with E-state index in [1.54, 1.807) is 16.2 Å². The number of carbonyl (C=O) groups excluding carboxylic acids is 2. The Labute approximate surface area is 169 Å². The second-order valence-electron chi connectivity index (χ2n) is 8.87. The molecule has 0 aliphatic carbocycles. The normalized spacial score (nSPS) is 18.2. The number of benzene rings is 1. The minimum absolute atomic E-state index is 0.0257. The topological polar surface area (TPSA) is 49.9 Å².